The van der Waals surface area contributed by atoms with Gasteiger partial charge in [-0.2, -0.15) is 0 Å². The lowest BCUT2D eigenvalue weighted by Crippen LogP contribution is -1.96. The highest BCUT2D eigenvalue weighted by Crippen LogP contribution is 2.02. The predicted molar refractivity (Wildman–Crippen MR) is 72.7 cm³/mol. The van der Waals surface area contributed by atoms with Gasteiger partial charge in [-0.25, -0.2) is 0 Å². The smallest absolute Gasteiger partial charge is 0.188 e. The fourth-order valence-electron chi connectivity index (χ4n) is 1.51. The monoisotopic (exact) mass is 240 g/mol. The molecule has 0 fully saturated rings. The van der Waals surface area contributed by atoms with Gasteiger partial charge in [0.2, 0.25) is 0 Å². The maximum atomic E-state index is 5.38. The molecule has 0 amide bonds. The van der Waals surface area contributed by atoms with Gasteiger partial charge in [-0.15, -0.1) is 0 Å². The van der Waals surface area contributed by atoms with Crippen LogP contribution in [-0.2, 0) is 16.1 Å². The van der Waals surface area contributed by atoms with Crippen molar-refractivity contribution in [1.29, 1.82) is 0 Å². The zero-order valence-electron chi connectivity index (χ0n) is 10.2. The first kappa shape index (κ1) is 12.4. The molecule has 0 heterocycles. The Hall–Kier alpha value is -2.06. The van der Waals surface area contributed by atoms with Gasteiger partial charge < -0.3 is 9.47 Å². The first-order chi connectivity index (χ1) is 8.95. The van der Waals surface area contributed by atoms with Crippen LogP contribution in [0.2, 0.25) is 0 Å². The zero-order chi connectivity index (χ0) is 12.5. The van der Waals surface area contributed by atoms with E-state index in [-0.39, 0.29) is 6.79 Å². The second-order valence-corrected chi connectivity index (χ2v) is 3.83. The van der Waals surface area contributed by atoms with Gasteiger partial charge in [-0.3, -0.25) is 0 Å². The molecule has 2 rings (SSSR count). The van der Waals surface area contributed by atoms with Crippen molar-refractivity contribution in [3.63, 3.8) is 0 Å². The molecule has 0 atom stereocenters. The van der Waals surface area contributed by atoms with Gasteiger partial charge in [0.05, 0.1) is 12.9 Å². The molecular weight excluding hydrogens is 224 g/mol. The van der Waals surface area contributed by atoms with Gasteiger partial charge in [-0.1, -0.05) is 60.7 Å². The van der Waals surface area contributed by atoms with Gasteiger partial charge in [0.15, 0.2) is 6.79 Å². The van der Waals surface area contributed by atoms with Crippen molar-refractivity contribution >= 4 is 6.08 Å². The van der Waals surface area contributed by atoms with E-state index in [2.05, 4.69) is 0 Å². The third-order valence-corrected chi connectivity index (χ3v) is 2.42. The van der Waals surface area contributed by atoms with E-state index in [0.717, 1.165) is 11.1 Å². The molecule has 2 aromatic carbocycles. The van der Waals surface area contributed by atoms with Gasteiger partial charge in [0.1, 0.15) is 0 Å². The van der Waals surface area contributed by atoms with Crippen LogP contribution in [0.25, 0.3) is 6.08 Å². The molecule has 0 aliphatic rings. The summed E-state index contributed by atoms with van der Waals surface area (Å²) >= 11 is 0. The summed E-state index contributed by atoms with van der Waals surface area (Å²) in [5.74, 6) is 0. The Balaban J connectivity index is 1.63. The molecule has 18 heavy (non-hydrogen) atoms. The fourth-order valence-corrected chi connectivity index (χ4v) is 1.51. The maximum absolute atomic E-state index is 5.38. The van der Waals surface area contributed by atoms with Gasteiger partial charge >= 0.3 is 0 Å². The molecule has 0 radical (unpaired) electrons. The summed E-state index contributed by atoms with van der Waals surface area (Å²) in [4.78, 5) is 0. The minimum absolute atomic E-state index is 0.262. The van der Waals surface area contributed by atoms with Crippen LogP contribution in [0.5, 0.6) is 0 Å². The molecule has 2 nitrogen and oxygen atoms in total. The van der Waals surface area contributed by atoms with Crippen LogP contribution in [0.15, 0.2) is 66.9 Å². The third kappa shape index (κ3) is 4.44. The Morgan fingerprint density at radius 2 is 1.50 bits per heavy atom. The van der Waals surface area contributed by atoms with Gasteiger partial charge in [-0.05, 0) is 17.2 Å². The number of rotatable bonds is 6. The van der Waals surface area contributed by atoms with E-state index in [1.807, 2.05) is 66.7 Å². The number of hydrogen-bond donors (Lipinski definition) is 0. The lowest BCUT2D eigenvalue weighted by atomic mass is 10.2. The average Bonchev–Trinajstić information content (AvgIpc) is 2.45. The van der Waals surface area contributed by atoms with Crippen molar-refractivity contribution < 1.29 is 9.47 Å². The molecule has 0 saturated heterocycles. The van der Waals surface area contributed by atoms with E-state index < -0.39 is 0 Å². The highest BCUT2D eigenvalue weighted by atomic mass is 16.7. The molecule has 0 spiro atoms. The van der Waals surface area contributed by atoms with Crippen molar-refractivity contribution in [2.45, 2.75) is 6.61 Å². The molecule has 0 saturated carbocycles. The summed E-state index contributed by atoms with van der Waals surface area (Å²) in [6, 6.07) is 20.0. The van der Waals surface area contributed by atoms with Crippen molar-refractivity contribution in [2.75, 3.05) is 6.79 Å². The number of benzene rings is 2. The Bertz CT molecular complexity index is 463. The second-order valence-electron chi connectivity index (χ2n) is 3.83. The minimum Gasteiger partial charge on any atom is -0.475 e. The molecule has 0 aliphatic heterocycles. The summed E-state index contributed by atoms with van der Waals surface area (Å²) in [5, 5.41) is 0. The molecule has 0 aliphatic carbocycles. The Kier molecular flexibility index (Phi) is 5.03. The molecular formula is C16H16O2. The van der Waals surface area contributed by atoms with Gasteiger partial charge in [0, 0.05) is 0 Å². The van der Waals surface area contributed by atoms with Crippen LogP contribution >= 0.6 is 0 Å². The third-order valence-electron chi connectivity index (χ3n) is 2.42. The first-order valence-electron chi connectivity index (χ1n) is 5.90. The fraction of sp³-hybridized carbons (Fsp3) is 0.125. The molecule has 0 unspecified atom stereocenters. The van der Waals surface area contributed by atoms with E-state index in [9.17, 15) is 0 Å². The van der Waals surface area contributed by atoms with Crippen molar-refractivity contribution in [3.05, 3.63) is 78.1 Å². The lowest BCUT2D eigenvalue weighted by molar-refractivity contribution is -0.0199. The number of ether oxygens (including phenoxy) is 2. The minimum atomic E-state index is 0.262. The quantitative estimate of drug-likeness (QED) is 0.434. The highest BCUT2D eigenvalue weighted by molar-refractivity contribution is 5.47. The maximum Gasteiger partial charge on any atom is 0.188 e. The second kappa shape index (κ2) is 7.30. The summed E-state index contributed by atoms with van der Waals surface area (Å²) in [7, 11) is 0. The summed E-state index contributed by atoms with van der Waals surface area (Å²) in [6.07, 6.45) is 3.56. The topological polar surface area (TPSA) is 18.5 Å². The van der Waals surface area contributed by atoms with Crippen LogP contribution in [0.3, 0.4) is 0 Å². The van der Waals surface area contributed by atoms with E-state index >= 15 is 0 Å². The van der Waals surface area contributed by atoms with Crippen LogP contribution in [-0.4, -0.2) is 6.79 Å². The van der Waals surface area contributed by atoms with Crippen molar-refractivity contribution in [1.82, 2.24) is 0 Å². The van der Waals surface area contributed by atoms with E-state index in [0.29, 0.717) is 6.61 Å². The molecule has 2 heteroatoms. The number of hydrogen-bond acceptors (Lipinski definition) is 2. The molecule has 0 N–H and O–H groups in total. The van der Waals surface area contributed by atoms with Crippen molar-refractivity contribution in [3.8, 4) is 0 Å². The Morgan fingerprint density at radius 3 is 2.22 bits per heavy atom. The zero-order valence-corrected chi connectivity index (χ0v) is 10.2. The predicted octanol–water partition coefficient (Wildman–Crippen LogP) is 3.85. The Morgan fingerprint density at radius 1 is 0.833 bits per heavy atom. The summed E-state index contributed by atoms with van der Waals surface area (Å²) in [6.45, 7) is 0.832. The summed E-state index contributed by atoms with van der Waals surface area (Å²) < 4.78 is 10.6. The van der Waals surface area contributed by atoms with Crippen LogP contribution in [0.4, 0.5) is 0 Å². The standard InChI is InChI=1S/C16H16O2/c1-3-7-15(8-4-1)11-12-17-14-18-13-16-9-5-2-6-10-16/h1-12H,13-14H2. The molecule has 0 bridgehead atoms. The largest absolute Gasteiger partial charge is 0.475 e. The molecule has 2 aromatic rings. The lowest BCUT2D eigenvalue weighted by Gasteiger charge is -2.03. The normalized spacial score (nSPS) is 10.7. The summed E-state index contributed by atoms with van der Waals surface area (Å²) in [5.41, 5.74) is 2.26. The van der Waals surface area contributed by atoms with E-state index in [1.54, 1.807) is 6.26 Å². The first-order valence-corrected chi connectivity index (χ1v) is 5.90. The van der Waals surface area contributed by atoms with Crippen LogP contribution in [0, 0.1) is 0 Å². The Labute approximate surface area is 107 Å². The average molecular weight is 240 g/mol. The molecule has 92 valence electrons. The molecule has 0 aromatic heterocycles. The van der Waals surface area contributed by atoms with Crippen LogP contribution < -0.4 is 0 Å². The van der Waals surface area contributed by atoms with E-state index in [4.69, 9.17) is 9.47 Å². The van der Waals surface area contributed by atoms with E-state index in [1.165, 1.54) is 0 Å². The van der Waals surface area contributed by atoms with Crippen LogP contribution in [0.1, 0.15) is 11.1 Å². The highest BCUT2D eigenvalue weighted by Gasteiger charge is 1.90. The SMILES string of the molecule is C(=Cc1ccccc1)OCOCc1ccccc1. The van der Waals surface area contributed by atoms with Crippen molar-refractivity contribution in [2.24, 2.45) is 0 Å². The van der Waals surface area contributed by atoms with Gasteiger partial charge in [0.25, 0.3) is 0 Å².